The predicted octanol–water partition coefficient (Wildman–Crippen LogP) is 4.23. The molecule has 3 rings (SSSR count). The summed E-state index contributed by atoms with van der Waals surface area (Å²) in [6, 6.07) is 8.23. The molecule has 0 aliphatic heterocycles. The highest BCUT2D eigenvalue weighted by Crippen LogP contribution is 2.22. The highest BCUT2D eigenvalue weighted by Gasteiger charge is 2.21. The SMILES string of the molecule is Cc1onc(C(=O)Nc2cccc(F)c2)c1COc1ccc(F)cc1F. The van der Waals surface area contributed by atoms with Crippen LogP contribution in [0.1, 0.15) is 21.8 Å². The van der Waals surface area contributed by atoms with Crippen molar-refractivity contribution in [2.75, 3.05) is 5.32 Å². The fraction of sp³-hybridized carbons (Fsp3) is 0.111. The molecule has 26 heavy (non-hydrogen) atoms. The molecule has 0 radical (unpaired) electrons. The summed E-state index contributed by atoms with van der Waals surface area (Å²) in [6.07, 6.45) is 0. The number of amides is 1. The Balaban J connectivity index is 1.76. The average molecular weight is 362 g/mol. The normalized spacial score (nSPS) is 10.6. The number of nitrogens with zero attached hydrogens (tertiary/aromatic N) is 1. The zero-order valence-electron chi connectivity index (χ0n) is 13.6. The van der Waals surface area contributed by atoms with Gasteiger partial charge in [-0.05, 0) is 37.3 Å². The number of halogens is 3. The van der Waals surface area contributed by atoms with Gasteiger partial charge in [-0.2, -0.15) is 0 Å². The Hall–Kier alpha value is -3.29. The summed E-state index contributed by atoms with van der Waals surface area (Å²) in [5, 5.41) is 6.16. The number of nitrogens with one attached hydrogen (secondary N) is 1. The molecule has 8 heteroatoms. The van der Waals surface area contributed by atoms with Crippen molar-refractivity contribution in [2.45, 2.75) is 13.5 Å². The molecular formula is C18H13F3N2O3. The van der Waals surface area contributed by atoms with Crippen LogP contribution in [-0.4, -0.2) is 11.1 Å². The first-order valence-corrected chi connectivity index (χ1v) is 7.54. The molecule has 3 aromatic rings. The Bertz CT molecular complexity index is 957. The standard InChI is InChI=1S/C18H13F3N2O3/c1-10-14(9-25-16-6-5-12(20)8-15(16)21)17(23-26-10)18(24)22-13-4-2-3-11(19)7-13/h2-8H,9H2,1H3,(H,22,24). The van der Waals surface area contributed by atoms with E-state index in [2.05, 4.69) is 10.5 Å². The Morgan fingerprint density at radius 2 is 1.92 bits per heavy atom. The van der Waals surface area contributed by atoms with E-state index in [-0.39, 0.29) is 23.7 Å². The molecule has 5 nitrogen and oxygen atoms in total. The zero-order valence-corrected chi connectivity index (χ0v) is 13.6. The summed E-state index contributed by atoms with van der Waals surface area (Å²) < 4.78 is 50.1. The first kappa shape index (κ1) is 17.5. The van der Waals surface area contributed by atoms with Crippen LogP contribution in [0.15, 0.2) is 47.0 Å². The third kappa shape index (κ3) is 3.85. The molecular weight excluding hydrogens is 349 g/mol. The molecule has 134 valence electrons. The highest BCUT2D eigenvalue weighted by molar-refractivity contribution is 6.03. The zero-order chi connectivity index (χ0) is 18.7. The van der Waals surface area contributed by atoms with E-state index < -0.39 is 23.4 Å². The number of hydrogen-bond acceptors (Lipinski definition) is 4. The molecule has 0 aliphatic carbocycles. The van der Waals surface area contributed by atoms with Crippen molar-refractivity contribution in [2.24, 2.45) is 0 Å². The second kappa shape index (κ2) is 7.30. The summed E-state index contributed by atoms with van der Waals surface area (Å²) in [6.45, 7) is 1.34. The fourth-order valence-corrected chi connectivity index (χ4v) is 2.24. The molecule has 0 saturated carbocycles. The number of aryl methyl sites for hydroxylation is 1. The summed E-state index contributed by atoms with van der Waals surface area (Å²) in [4.78, 5) is 12.3. The molecule has 1 amide bonds. The van der Waals surface area contributed by atoms with Crippen LogP contribution in [-0.2, 0) is 6.61 Å². The average Bonchev–Trinajstić information content (AvgIpc) is 2.95. The smallest absolute Gasteiger partial charge is 0.278 e. The second-order valence-electron chi connectivity index (χ2n) is 5.39. The number of carbonyl (C=O) groups excluding carboxylic acids is 1. The van der Waals surface area contributed by atoms with Crippen LogP contribution >= 0.6 is 0 Å². The maximum atomic E-state index is 13.6. The lowest BCUT2D eigenvalue weighted by molar-refractivity contribution is 0.101. The van der Waals surface area contributed by atoms with E-state index in [4.69, 9.17) is 9.26 Å². The van der Waals surface area contributed by atoms with Gasteiger partial charge < -0.3 is 14.6 Å². The van der Waals surface area contributed by atoms with E-state index in [0.717, 1.165) is 18.2 Å². The number of ether oxygens (including phenoxy) is 1. The van der Waals surface area contributed by atoms with E-state index in [1.54, 1.807) is 6.92 Å². The van der Waals surface area contributed by atoms with Gasteiger partial charge in [0, 0.05) is 11.8 Å². The lowest BCUT2D eigenvalue weighted by Gasteiger charge is -2.08. The fourth-order valence-electron chi connectivity index (χ4n) is 2.24. The van der Waals surface area contributed by atoms with Gasteiger partial charge in [-0.25, -0.2) is 13.2 Å². The van der Waals surface area contributed by atoms with E-state index >= 15 is 0 Å². The number of rotatable bonds is 5. The molecule has 2 aromatic carbocycles. The molecule has 0 aliphatic rings. The van der Waals surface area contributed by atoms with Crippen molar-refractivity contribution >= 4 is 11.6 Å². The first-order valence-electron chi connectivity index (χ1n) is 7.54. The topological polar surface area (TPSA) is 64.4 Å². The van der Waals surface area contributed by atoms with Gasteiger partial charge in [-0.3, -0.25) is 4.79 Å². The van der Waals surface area contributed by atoms with Gasteiger partial charge in [-0.1, -0.05) is 11.2 Å². The first-order chi connectivity index (χ1) is 12.4. The van der Waals surface area contributed by atoms with Crippen molar-refractivity contribution < 1.29 is 27.2 Å². The van der Waals surface area contributed by atoms with E-state index in [0.29, 0.717) is 17.4 Å². The lowest BCUT2D eigenvalue weighted by atomic mass is 10.2. The van der Waals surface area contributed by atoms with Gasteiger partial charge in [0.05, 0.1) is 5.56 Å². The van der Waals surface area contributed by atoms with Crippen molar-refractivity contribution in [3.8, 4) is 5.75 Å². The molecule has 0 saturated heterocycles. The number of benzene rings is 2. The van der Waals surface area contributed by atoms with Gasteiger partial charge >= 0.3 is 0 Å². The van der Waals surface area contributed by atoms with E-state index in [1.165, 1.54) is 18.2 Å². The summed E-state index contributed by atoms with van der Waals surface area (Å²) in [7, 11) is 0. The molecule has 1 heterocycles. The van der Waals surface area contributed by atoms with Crippen LogP contribution in [0, 0.1) is 24.4 Å². The van der Waals surface area contributed by atoms with Crippen LogP contribution in [0.5, 0.6) is 5.75 Å². The highest BCUT2D eigenvalue weighted by atomic mass is 19.1. The molecule has 1 aromatic heterocycles. The van der Waals surface area contributed by atoms with Gasteiger partial charge in [0.2, 0.25) is 0 Å². The predicted molar refractivity (Wildman–Crippen MR) is 86.3 cm³/mol. The van der Waals surface area contributed by atoms with E-state index in [9.17, 15) is 18.0 Å². The molecule has 0 bridgehead atoms. The van der Waals surface area contributed by atoms with Gasteiger partial charge in [0.15, 0.2) is 17.3 Å². The minimum absolute atomic E-state index is 0.0747. The summed E-state index contributed by atoms with van der Waals surface area (Å²) in [5.74, 6) is -2.61. The monoisotopic (exact) mass is 362 g/mol. The molecule has 0 unspecified atom stereocenters. The summed E-state index contributed by atoms with van der Waals surface area (Å²) >= 11 is 0. The third-order valence-electron chi connectivity index (χ3n) is 3.55. The Labute approximate surface area is 146 Å². The minimum atomic E-state index is -0.870. The molecule has 0 fully saturated rings. The number of aromatic nitrogens is 1. The molecule has 1 N–H and O–H groups in total. The lowest BCUT2D eigenvalue weighted by Crippen LogP contribution is -2.15. The molecule has 0 spiro atoms. The van der Waals surface area contributed by atoms with Gasteiger partial charge in [-0.15, -0.1) is 0 Å². The van der Waals surface area contributed by atoms with Gasteiger partial charge in [0.25, 0.3) is 5.91 Å². The second-order valence-corrected chi connectivity index (χ2v) is 5.39. The van der Waals surface area contributed by atoms with Crippen LogP contribution in [0.2, 0.25) is 0 Å². The quantitative estimate of drug-likeness (QED) is 0.738. The van der Waals surface area contributed by atoms with E-state index in [1.807, 2.05) is 0 Å². The number of anilines is 1. The largest absolute Gasteiger partial charge is 0.486 e. The van der Waals surface area contributed by atoms with Crippen molar-refractivity contribution in [3.05, 3.63) is 76.9 Å². The number of hydrogen-bond donors (Lipinski definition) is 1. The van der Waals surface area contributed by atoms with Gasteiger partial charge in [0.1, 0.15) is 24.0 Å². The minimum Gasteiger partial charge on any atom is -0.486 e. The number of carbonyl (C=O) groups is 1. The van der Waals surface area contributed by atoms with Crippen molar-refractivity contribution in [3.63, 3.8) is 0 Å². The Morgan fingerprint density at radius 1 is 1.15 bits per heavy atom. The Morgan fingerprint density at radius 3 is 2.65 bits per heavy atom. The van der Waals surface area contributed by atoms with Crippen LogP contribution in [0.3, 0.4) is 0 Å². The van der Waals surface area contributed by atoms with Crippen LogP contribution < -0.4 is 10.1 Å². The third-order valence-corrected chi connectivity index (χ3v) is 3.55. The molecule has 0 atom stereocenters. The van der Waals surface area contributed by atoms with Crippen LogP contribution in [0.25, 0.3) is 0 Å². The maximum absolute atomic E-state index is 13.6. The summed E-state index contributed by atoms with van der Waals surface area (Å²) in [5.41, 5.74) is 0.462. The van der Waals surface area contributed by atoms with Crippen molar-refractivity contribution in [1.29, 1.82) is 0 Å². The van der Waals surface area contributed by atoms with Crippen LogP contribution in [0.4, 0.5) is 18.9 Å². The maximum Gasteiger partial charge on any atom is 0.278 e. The van der Waals surface area contributed by atoms with Crippen molar-refractivity contribution in [1.82, 2.24) is 5.16 Å². The Kier molecular flexibility index (Phi) is 4.92.